The van der Waals surface area contributed by atoms with Crippen molar-refractivity contribution < 1.29 is 14.3 Å². The molecule has 3 heteroatoms. The van der Waals surface area contributed by atoms with E-state index in [1.165, 1.54) is 5.56 Å². The molecule has 0 bridgehead atoms. The summed E-state index contributed by atoms with van der Waals surface area (Å²) in [5, 5.41) is 0. The lowest BCUT2D eigenvalue weighted by Crippen LogP contribution is -2.08. The van der Waals surface area contributed by atoms with Crippen molar-refractivity contribution >= 4 is 5.78 Å². The molecule has 116 valence electrons. The molecule has 2 aromatic rings. The van der Waals surface area contributed by atoms with Crippen molar-refractivity contribution in [1.82, 2.24) is 0 Å². The van der Waals surface area contributed by atoms with E-state index >= 15 is 0 Å². The van der Waals surface area contributed by atoms with E-state index in [-0.39, 0.29) is 5.78 Å². The fraction of sp³-hybridized carbons (Fsp3) is 0.316. The van der Waals surface area contributed by atoms with E-state index in [1.807, 2.05) is 42.5 Å². The van der Waals surface area contributed by atoms with Crippen LogP contribution in [0.25, 0.3) is 0 Å². The summed E-state index contributed by atoms with van der Waals surface area (Å²) in [4.78, 5) is 11.9. The molecule has 3 nitrogen and oxygen atoms in total. The first kappa shape index (κ1) is 16.2. The molecule has 0 aliphatic heterocycles. The predicted octanol–water partition coefficient (Wildman–Crippen LogP) is 3.46. The zero-order valence-electron chi connectivity index (χ0n) is 13.0. The number of carbonyl (C=O) groups excluding carboxylic acids is 1. The van der Waals surface area contributed by atoms with Gasteiger partial charge in [-0.3, -0.25) is 4.79 Å². The zero-order valence-corrected chi connectivity index (χ0v) is 13.0. The third kappa shape index (κ3) is 5.70. The minimum Gasteiger partial charge on any atom is -0.497 e. The number of ketones is 1. The van der Waals surface area contributed by atoms with Gasteiger partial charge in [0.15, 0.2) is 0 Å². The Hall–Kier alpha value is -2.13. The summed E-state index contributed by atoms with van der Waals surface area (Å²) in [6.07, 6.45) is 1.79. The number of benzene rings is 2. The molecule has 2 aromatic carbocycles. The Morgan fingerprint density at radius 1 is 0.909 bits per heavy atom. The average Bonchev–Trinajstić information content (AvgIpc) is 2.56. The van der Waals surface area contributed by atoms with Crippen LogP contribution in [0.1, 0.15) is 17.5 Å². The molecule has 22 heavy (non-hydrogen) atoms. The van der Waals surface area contributed by atoms with Gasteiger partial charge in [-0.05, 0) is 29.7 Å². The molecule has 0 fully saturated rings. The molecule has 0 saturated carbocycles. The Balaban J connectivity index is 1.61. The topological polar surface area (TPSA) is 35.5 Å². The Labute approximate surface area is 131 Å². The first-order valence-corrected chi connectivity index (χ1v) is 7.54. The summed E-state index contributed by atoms with van der Waals surface area (Å²) in [6.45, 7) is 1.14. The predicted molar refractivity (Wildman–Crippen MR) is 87.3 cm³/mol. The molecule has 0 saturated heterocycles. The molecule has 0 atom stereocenters. The van der Waals surface area contributed by atoms with Crippen molar-refractivity contribution in [1.29, 1.82) is 0 Å². The molecule has 0 aliphatic rings. The number of hydrogen-bond donors (Lipinski definition) is 0. The van der Waals surface area contributed by atoms with Crippen LogP contribution in [0, 0.1) is 0 Å². The van der Waals surface area contributed by atoms with E-state index in [9.17, 15) is 4.79 Å². The van der Waals surface area contributed by atoms with Crippen LogP contribution in [0.2, 0.25) is 0 Å². The normalized spacial score (nSPS) is 10.4. The lowest BCUT2D eigenvalue weighted by atomic mass is 10.1. The second-order valence-corrected chi connectivity index (χ2v) is 5.16. The standard InChI is InChI=1S/C19H22O3/c1-21-19-9-7-17(8-10-19)15-18(20)12-14-22-13-11-16-5-3-2-4-6-16/h2-10H,11-15H2,1H3. The average molecular weight is 298 g/mol. The molecule has 0 radical (unpaired) electrons. The summed E-state index contributed by atoms with van der Waals surface area (Å²) >= 11 is 0. The highest BCUT2D eigenvalue weighted by molar-refractivity contribution is 5.80. The minimum atomic E-state index is 0.199. The molecule has 0 aromatic heterocycles. The zero-order chi connectivity index (χ0) is 15.6. The van der Waals surface area contributed by atoms with Crippen LogP contribution in [0.3, 0.4) is 0 Å². The molecule has 0 amide bonds. The minimum absolute atomic E-state index is 0.199. The van der Waals surface area contributed by atoms with Crippen molar-refractivity contribution in [2.75, 3.05) is 20.3 Å². The van der Waals surface area contributed by atoms with Crippen LogP contribution < -0.4 is 4.74 Å². The second-order valence-electron chi connectivity index (χ2n) is 5.16. The molecule has 0 heterocycles. The highest BCUT2D eigenvalue weighted by atomic mass is 16.5. The van der Waals surface area contributed by atoms with Crippen LogP contribution in [0.4, 0.5) is 0 Å². The fourth-order valence-corrected chi connectivity index (χ4v) is 2.18. The van der Waals surface area contributed by atoms with Crippen LogP contribution in [-0.2, 0) is 22.4 Å². The molecule has 0 unspecified atom stereocenters. The van der Waals surface area contributed by atoms with Gasteiger partial charge < -0.3 is 9.47 Å². The fourth-order valence-electron chi connectivity index (χ4n) is 2.18. The first-order valence-electron chi connectivity index (χ1n) is 7.54. The van der Waals surface area contributed by atoms with Crippen molar-refractivity contribution in [3.8, 4) is 5.75 Å². The van der Waals surface area contributed by atoms with E-state index in [0.29, 0.717) is 26.1 Å². The smallest absolute Gasteiger partial charge is 0.139 e. The summed E-state index contributed by atoms with van der Waals surface area (Å²) in [7, 11) is 1.63. The van der Waals surface area contributed by atoms with Gasteiger partial charge in [-0.25, -0.2) is 0 Å². The number of ether oxygens (including phenoxy) is 2. The Morgan fingerprint density at radius 3 is 2.32 bits per heavy atom. The molecule has 0 aliphatic carbocycles. The molecule has 2 rings (SSSR count). The van der Waals surface area contributed by atoms with Crippen LogP contribution >= 0.6 is 0 Å². The van der Waals surface area contributed by atoms with Crippen LogP contribution in [0.15, 0.2) is 54.6 Å². The van der Waals surface area contributed by atoms with Gasteiger partial charge in [0.1, 0.15) is 11.5 Å². The molecular formula is C19H22O3. The largest absolute Gasteiger partial charge is 0.497 e. The van der Waals surface area contributed by atoms with Gasteiger partial charge in [0.2, 0.25) is 0 Å². The summed E-state index contributed by atoms with van der Waals surface area (Å²) in [5.74, 6) is 1.00. The van der Waals surface area contributed by atoms with E-state index in [1.54, 1.807) is 7.11 Å². The number of methoxy groups -OCH3 is 1. The Kier molecular flexibility index (Phi) is 6.65. The lowest BCUT2D eigenvalue weighted by molar-refractivity contribution is -0.119. The van der Waals surface area contributed by atoms with E-state index in [4.69, 9.17) is 9.47 Å². The highest BCUT2D eigenvalue weighted by Crippen LogP contribution is 2.12. The van der Waals surface area contributed by atoms with Crippen molar-refractivity contribution in [2.45, 2.75) is 19.3 Å². The van der Waals surface area contributed by atoms with Gasteiger partial charge in [0, 0.05) is 12.8 Å². The summed E-state index contributed by atoms with van der Waals surface area (Å²) in [6, 6.07) is 17.8. The van der Waals surface area contributed by atoms with Crippen molar-refractivity contribution in [3.63, 3.8) is 0 Å². The summed E-state index contributed by atoms with van der Waals surface area (Å²) < 4.78 is 10.6. The van der Waals surface area contributed by atoms with Gasteiger partial charge in [-0.2, -0.15) is 0 Å². The number of Topliss-reactive ketones (excluding diaryl/α,β-unsaturated/α-hetero) is 1. The number of carbonyl (C=O) groups is 1. The maximum Gasteiger partial charge on any atom is 0.139 e. The Bertz CT molecular complexity index is 561. The highest BCUT2D eigenvalue weighted by Gasteiger charge is 2.04. The quantitative estimate of drug-likeness (QED) is 0.665. The maximum absolute atomic E-state index is 11.9. The number of rotatable bonds is 9. The van der Waals surface area contributed by atoms with Gasteiger partial charge in [-0.1, -0.05) is 42.5 Å². The molecule has 0 N–H and O–H groups in total. The van der Waals surface area contributed by atoms with Gasteiger partial charge >= 0.3 is 0 Å². The lowest BCUT2D eigenvalue weighted by Gasteiger charge is -2.05. The summed E-state index contributed by atoms with van der Waals surface area (Å²) in [5.41, 5.74) is 2.27. The van der Waals surface area contributed by atoms with E-state index in [0.717, 1.165) is 17.7 Å². The molecule has 0 spiro atoms. The third-order valence-corrected chi connectivity index (χ3v) is 3.46. The SMILES string of the molecule is COc1ccc(CC(=O)CCOCCc2ccccc2)cc1. The maximum atomic E-state index is 11.9. The van der Waals surface area contributed by atoms with Crippen LogP contribution in [0.5, 0.6) is 5.75 Å². The van der Waals surface area contributed by atoms with Crippen molar-refractivity contribution in [2.24, 2.45) is 0 Å². The number of hydrogen-bond acceptors (Lipinski definition) is 3. The van der Waals surface area contributed by atoms with Gasteiger partial charge in [-0.15, -0.1) is 0 Å². The van der Waals surface area contributed by atoms with Crippen LogP contribution in [-0.4, -0.2) is 26.1 Å². The van der Waals surface area contributed by atoms with Crippen molar-refractivity contribution in [3.05, 3.63) is 65.7 Å². The van der Waals surface area contributed by atoms with E-state index < -0.39 is 0 Å². The molecular weight excluding hydrogens is 276 g/mol. The van der Waals surface area contributed by atoms with Gasteiger partial charge in [0.25, 0.3) is 0 Å². The Morgan fingerprint density at radius 2 is 1.64 bits per heavy atom. The van der Waals surface area contributed by atoms with Gasteiger partial charge in [0.05, 0.1) is 20.3 Å². The monoisotopic (exact) mass is 298 g/mol. The first-order chi connectivity index (χ1) is 10.8. The van der Waals surface area contributed by atoms with E-state index in [2.05, 4.69) is 12.1 Å². The second kappa shape index (κ2) is 9.00. The third-order valence-electron chi connectivity index (χ3n) is 3.46.